The van der Waals surface area contributed by atoms with Gasteiger partial charge in [-0.05, 0) is 39.2 Å². The average molecular weight is 185 g/mol. The molecule has 0 aromatic rings. The second kappa shape index (κ2) is 4.97. The maximum atomic E-state index is 5.88. The molecule has 0 aromatic heterocycles. The second-order valence-corrected chi connectivity index (χ2v) is 3.80. The zero-order valence-electron chi connectivity index (χ0n) is 9.23. The molecule has 2 aliphatic heterocycles. The summed E-state index contributed by atoms with van der Waals surface area (Å²) in [5.41, 5.74) is 0.220. The summed E-state index contributed by atoms with van der Waals surface area (Å²) in [4.78, 5) is 0. The second-order valence-electron chi connectivity index (χ2n) is 3.80. The highest BCUT2D eigenvalue weighted by Gasteiger charge is 2.41. The van der Waals surface area contributed by atoms with Crippen molar-refractivity contribution in [1.29, 1.82) is 0 Å². The molecule has 2 unspecified atom stereocenters. The van der Waals surface area contributed by atoms with Crippen molar-refractivity contribution >= 4 is 0 Å². The molecule has 2 heterocycles. The lowest BCUT2D eigenvalue weighted by atomic mass is 9.88. The maximum Gasteiger partial charge on any atom is 0.0844 e. The Morgan fingerprint density at radius 3 is 2.46 bits per heavy atom. The van der Waals surface area contributed by atoms with E-state index in [1.54, 1.807) is 0 Å². The highest BCUT2D eigenvalue weighted by atomic mass is 16.5. The predicted octanol–water partition coefficient (Wildman–Crippen LogP) is 2.33. The van der Waals surface area contributed by atoms with Crippen LogP contribution in [0.4, 0.5) is 0 Å². The summed E-state index contributed by atoms with van der Waals surface area (Å²) in [6.45, 7) is 8.37. The van der Waals surface area contributed by atoms with Crippen molar-refractivity contribution in [1.82, 2.24) is 5.32 Å². The third-order valence-corrected chi connectivity index (χ3v) is 3.17. The molecule has 0 amide bonds. The van der Waals surface area contributed by atoms with Crippen LogP contribution in [0.1, 0.15) is 46.5 Å². The molecule has 2 rings (SSSR count). The van der Waals surface area contributed by atoms with Gasteiger partial charge in [-0.1, -0.05) is 13.8 Å². The van der Waals surface area contributed by atoms with Crippen molar-refractivity contribution in [2.45, 2.75) is 58.1 Å². The molecule has 13 heavy (non-hydrogen) atoms. The lowest BCUT2D eigenvalue weighted by Crippen LogP contribution is -2.45. The first-order valence-electron chi connectivity index (χ1n) is 5.71. The Morgan fingerprint density at radius 1 is 1.23 bits per heavy atom. The maximum absolute atomic E-state index is 5.88. The first-order valence-corrected chi connectivity index (χ1v) is 5.71. The molecule has 2 atom stereocenters. The van der Waals surface area contributed by atoms with Crippen molar-refractivity contribution in [2.24, 2.45) is 0 Å². The van der Waals surface area contributed by atoms with Crippen LogP contribution in [0.5, 0.6) is 0 Å². The van der Waals surface area contributed by atoms with Crippen LogP contribution in [-0.4, -0.2) is 24.8 Å². The quantitative estimate of drug-likeness (QED) is 0.625. The molecule has 0 bridgehead atoms. The smallest absolute Gasteiger partial charge is 0.0844 e. The predicted molar refractivity (Wildman–Crippen MR) is 56.0 cm³/mol. The summed E-state index contributed by atoms with van der Waals surface area (Å²) in [6, 6.07) is 0.572. The van der Waals surface area contributed by atoms with E-state index in [1.165, 1.54) is 25.7 Å². The van der Waals surface area contributed by atoms with Crippen molar-refractivity contribution < 1.29 is 4.74 Å². The fraction of sp³-hybridized carbons (Fsp3) is 1.00. The van der Waals surface area contributed by atoms with Gasteiger partial charge < -0.3 is 10.1 Å². The molecular formula is C11H23NO. The summed E-state index contributed by atoms with van der Waals surface area (Å²) in [7, 11) is 0. The monoisotopic (exact) mass is 185 g/mol. The number of rotatable bonds is 0. The molecule has 0 aromatic carbocycles. The van der Waals surface area contributed by atoms with Crippen LogP contribution in [0, 0.1) is 0 Å². The van der Waals surface area contributed by atoms with E-state index in [-0.39, 0.29) is 5.60 Å². The number of nitrogens with one attached hydrogen (secondary N) is 1. The molecule has 78 valence electrons. The zero-order chi connectivity index (χ0) is 9.73. The fourth-order valence-electron chi connectivity index (χ4n) is 2.32. The molecule has 2 fully saturated rings. The fourth-order valence-corrected chi connectivity index (χ4v) is 2.32. The third-order valence-electron chi connectivity index (χ3n) is 3.17. The van der Waals surface area contributed by atoms with E-state index in [1.807, 2.05) is 13.8 Å². The summed E-state index contributed by atoms with van der Waals surface area (Å²) in [5, 5.41) is 3.46. The minimum absolute atomic E-state index is 0.220. The highest BCUT2D eigenvalue weighted by molar-refractivity contribution is 4.98. The normalized spacial score (nSPS) is 38.5. The van der Waals surface area contributed by atoms with Crippen LogP contribution >= 0.6 is 0 Å². The van der Waals surface area contributed by atoms with Crippen LogP contribution in [-0.2, 0) is 4.74 Å². The van der Waals surface area contributed by atoms with E-state index in [2.05, 4.69) is 12.2 Å². The van der Waals surface area contributed by atoms with Crippen molar-refractivity contribution in [3.8, 4) is 0 Å². The van der Waals surface area contributed by atoms with E-state index in [0.29, 0.717) is 6.04 Å². The van der Waals surface area contributed by atoms with Crippen LogP contribution in [0.2, 0.25) is 0 Å². The topological polar surface area (TPSA) is 21.3 Å². The molecule has 2 saturated heterocycles. The average Bonchev–Trinajstić information content (AvgIpc) is 2.53. The van der Waals surface area contributed by atoms with Crippen LogP contribution in [0.25, 0.3) is 0 Å². The minimum atomic E-state index is 0.220. The Morgan fingerprint density at radius 2 is 2.00 bits per heavy atom. The molecule has 2 heteroatoms. The van der Waals surface area contributed by atoms with Gasteiger partial charge in [0.2, 0.25) is 0 Å². The van der Waals surface area contributed by atoms with E-state index >= 15 is 0 Å². The molecule has 0 aliphatic carbocycles. The van der Waals surface area contributed by atoms with E-state index in [4.69, 9.17) is 4.74 Å². The van der Waals surface area contributed by atoms with Gasteiger partial charge >= 0.3 is 0 Å². The van der Waals surface area contributed by atoms with Crippen molar-refractivity contribution in [2.75, 3.05) is 13.2 Å². The lowest BCUT2D eigenvalue weighted by molar-refractivity contribution is -0.0817. The van der Waals surface area contributed by atoms with Crippen molar-refractivity contribution in [3.05, 3.63) is 0 Å². The summed E-state index contributed by atoms with van der Waals surface area (Å²) in [5.74, 6) is 0. The number of hydrogen-bond donors (Lipinski definition) is 1. The van der Waals surface area contributed by atoms with Gasteiger partial charge in [-0.2, -0.15) is 0 Å². The first kappa shape index (κ1) is 11.0. The van der Waals surface area contributed by atoms with Gasteiger partial charge in [0.05, 0.1) is 5.60 Å². The standard InChI is InChI=1S/C9H17NO.C2H6/c1-8-9(5-6-10-8)4-2-3-7-11-9;1-2/h8,10H,2-7H2,1H3;1-2H3. The highest BCUT2D eigenvalue weighted by Crippen LogP contribution is 2.34. The van der Waals surface area contributed by atoms with Gasteiger partial charge in [0.25, 0.3) is 0 Å². The molecule has 2 nitrogen and oxygen atoms in total. The van der Waals surface area contributed by atoms with Gasteiger partial charge in [-0.15, -0.1) is 0 Å². The lowest BCUT2D eigenvalue weighted by Gasteiger charge is -2.36. The Hall–Kier alpha value is -0.0800. The van der Waals surface area contributed by atoms with Gasteiger partial charge in [-0.3, -0.25) is 0 Å². The van der Waals surface area contributed by atoms with Gasteiger partial charge in [0, 0.05) is 12.6 Å². The third kappa shape index (κ3) is 2.23. The van der Waals surface area contributed by atoms with Gasteiger partial charge in [0.15, 0.2) is 0 Å². The van der Waals surface area contributed by atoms with Crippen molar-refractivity contribution in [3.63, 3.8) is 0 Å². The number of hydrogen-bond acceptors (Lipinski definition) is 2. The zero-order valence-corrected chi connectivity index (χ0v) is 9.23. The van der Waals surface area contributed by atoms with E-state index < -0.39 is 0 Å². The Bertz CT molecular complexity index is 141. The first-order chi connectivity index (χ1) is 6.33. The Balaban J connectivity index is 0.000000396. The molecule has 1 N–H and O–H groups in total. The Kier molecular flexibility index (Phi) is 4.20. The summed E-state index contributed by atoms with van der Waals surface area (Å²) >= 11 is 0. The van der Waals surface area contributed by atoms with Gasteiger partial charge in [-0.25, -0.2) is 0 Å². The SMILES string of the molecule is CC.CC1NCCC12CCCCO2. The summed E-state index contributed by atoms with van der Waals surface area (Å²) < 4.78 is 5.88. The summed E-state index contributed by atoms with van der Waals surface area (Å²) in [6.07, 6.45) is 5.09. The number of ether oxygens (including phenoxy) is 1. The Labute approximate surface area is 82.0 Å². The van der Waals surface area contributed by atoms with Crippen LogP contribution in [0.15, 0.2) is 0 Å². The molecule has 0 saturated carbocycles. The molecule has 2 aliphatic rings. The largest absolute Gasteiger partial charge is 0.373 e. The van der Waals surface area contributed by atoms with E-state index in [9.17, 15) is 0 Å². The van der Waals surface area contributed by atoms with Crippen LogP contribution < -0.4 is 5.32 Å². The molecule has 1 spiro atoms. The van der Waals surface area contributed by atoms with E-state index in [0.717, 1.165) is 13.2 Å². The molecular weight excluding hydrogens is 162 g/mol. The van der Waals surface area contributed by atoms with Gasteiger partial charge in [0.1, 0.15) is 0 Å². The van der Waals surface area contributed by atoms with Crippen LogP contribution in [0.3, 0.4) is 0 Å². The minimum Gasteiger partial charge on any atom is -0.373 e. The molecule has 0 radical (unpaired) electrons.